The van der Waals surface area contributed by atoms with E-state index in [2.05, 4.69) is 36.3 Å². The highest BCUT2D eigenvalue weighted by Gasteiger charge is 2.12. The summed E-state index contributed by atoms with van der Waals surface area (Å²) in [6, 6.07) is 30.8. The molecule has 36 heavy (non-hydrogen) atoms. The largest absolute Gasteiger partial charge is 0.489 e. The van der Waals surface area contributed by atoms with Crippen LogP contribution < -0.4 is 10.1 Å². The van der Waals surface area contributed by atoms with Gasteiger partial charge in [-0.3, -0.25) is 4.79 Å². The zero-order valence-corrected chi connectivity index (χ0v) is 20.4. The number of carbonyl (C=O) groups is 1. The number of amides is 1. The Labute approximate surface area is 210 Å². The number of rotatable bonds is 8. The average molecular weight is 477 g/mol. The Bertz CT molecular complexity index is 1470. The van der Waals surface area contributed by atoms with Crippen LogP contribution in [0.15, 0.2) is 101 Å². The highest BCUT2D eigenvalue weighted by Crippen LogP contribution is 2.28. The maximum absolute atomic E-state index is 12.8. The topological polar surface area (TPSA) is 64.4 Å². The number of anilines is 1. The number of benzene rings is 4. The average Bonchev–Trinajstić information content (AvgIpc) is 3.36. The van der Waals surface area contributed by atoms with Crippen LogP contribution in [-0.2, 0) is 6.61 Å². The van der Waals surface area contributed by atoms with Crippen LogP contribution in [0, 0.1) is 0 Å². The minimum Gasteiger partial charge on any atom is -0.489 e. The van der Waals surface area contributed by atoms with Gasteiger partial charge in [0.1, 0.15) is 17.9 Å². The third-order valence-corrected chi connectivity index (χ3v) is 6.33. The Kier molecular flexibility index (Phi) is 6.80. The first kappa shape index (κ1) is 23.4. The minimum absolute atomic E-state index is 0.202. The molecule has 0 aliphatic rings. The van der Waals surface area contributed by atoms with Gasteiger partial charge in [-0.1, -0.05) is 56.3 Å². The molecule has 1 heterocycles. The van der Waals surface area contributed by atoms with Crippen molar-refractivity contribution in [3.05, 3.63) is 114 Å². The second kappa shape index (κ2) is 10.5. The molecular formula is C31H28N2O3. The van der Waals surface area contributed by atoms with E-state index in [9.17, 15) is 4.79 Å². The van der Waals surface area contributed by atoms with Crippen LogP contribution in [-0.4, -0.2) is 10.9 Å². The highest BCUT2D eigenvalue weighted by molar-refractivity contribution is 6.04. The Balaban J connectivity index is 1.25. The molecule has 1 N–H and O–H groups in total. The molecule has 0 fully saturated rings. The van der Waals surface area contributed by atoms with Gasteiger partial charge in [0.15, 0.2) is 5.58 Å². The predicted octanol–water partition coefficient (Wildman–Crippen LogP) is 7.84. The summed E-state index contributed by atoms with van der Waals surface area (Å²) < 4.78 is 11.8. The molecule has 0 unspecified atom stereocenters. The highest BCUT2D eigenvalue weighted by atomic mass is 16.5. The lowest BCUT2D eigenvalue weighted by molar-refractivity contribution is 0.102. The molecule has 180 valence electrons. The summed E-state index contributed by atoms with van der Waals surface area (Å²) in [6.45, 7) is 4.84. The van der Waals surface area contributed by atoms with Gasteiger partial charge in [-0.15, -0.1) is 0 Å². The van der Waals surface area contributed by atoms with Gasteiger partial charge in [0.2, 0.25) is 5.89 Å². The van der Waals surface area contributed by atoms with E-state index in [0.29, 0.717) is 35.4 Å². The van der Waals surface area contributed by atoms with E-state index >= 15 is 0 Å². The Morgan fingerprint density at radius 3 is 2.53 bits per heavy atom. The van der Waals surface area contributed by atoms with Crippen molar-refractivity contribution in [2.45, 2.75) is 32.8 Å². The van der Waals surface area contributed by atoms with E-state index in [-0.39, 0.29) is 5.91 Å². The lowest BCUT2D eigenvalue weighted by Crippen LogP contribution is -2.11. The molecule has 1 atom stereocenters. The van der Waals surface area contributed by atoms with Gasteiger partial charge in [0.05, 0.1) is 0 Å². The fourth-order valence-electron chi connectivity index (χ4n) is 3.98. The lowest BCUT2D eigenvalue weighted by Gasteiger charge is -2.09. The van der Waals surface area contributed by atoms with E-state index in [0.717, 1.165) is 28.6 Å². The molecule has 1 aromatic heterocycles. The second-order valence-corrected chi connectivity index (χ2v) is 8.89. The summed E-state index contributed by atoms with van der Waals surface area (Å²) >= 11 is 0. The van der Waals surface area contributed by atoms with Crippen LogP contribution >= 0.6 is 0 Å². The summed E-state index contributed by atoms with van der Waals surface area (Å²) in [5.41, 5.74) is 6.03. The molecule has 5 nitrogen and oxygen atoms in total. The van der Waals surface area contributed by atoms with Gasteiger partial charge in [-0.05, 0) is 78.1 Å². The Morgan fingerprint density at radius 1 is 0.944 bits per heavy atom. The number of fused-ring (bicyclic) bond motifs is 1. The number of nitrogens with one attached hydrogen (secondary N) is 1. The van der Waals surface area contributed by atoms with Gasteiger partial charge >= 0.3 is 0 Å². The van der Waals surface area contributed by atoms with Gasteiger partial charge in [0, 0.05) is 16.8 Å². The summed E-state index contributed by atoms with van der Waals surface area (Å²) in [6.07, 6.45) is 1.08. The zero-order chi connectivity index (χ0) is 24.9. The molecule has 0 saturated heterocycles. The number of aromatic nitrogens is 1. The molecule has 4 aromatic carbocycles. The molecule has 0 bridgehead atoms. The third-order valence-electron chi connectivity index (χ3n) is 6.33. The van der Waals surface area contributed by atoms with E-state index in [1.807, 2.05) is 72.8 Å². The third kappa shape index (κ3) is 5.31. The fourth-order valence-corrected chi connectivity index (χ4v) is 3.98. The Morgan fingerprint density at radius 2 is 1.75 bits per heavy atom. The van der Waals surface area contributed by atoms with Gasteiger partial charge in [-0.25, -0.2) is 4.98 Å². The molecule has 5 heteroatoms. The number of carbonyl (C=O) groups excluding carboxylic acids is 1. The van der Waals surface area contributed by atoms with Crippen LogP contribution in [0.2, 0.25) is 0 Å². The zero-order valence-electron chi connectivity index (χ0n) is 20.4. The molecule has 0 radical (unpaired) electrons. The maximum atomic E-state index is 12.8. The first-order chi connectivity index (χ1) is 17.6. The molecule has 5 rings (SSSR count). The van der Waals surface area contributed by atoms with E-state index in [4.69, 9.17) is 9.15 Å². The number of nitrogens with zero attached hydrogens (tertiary/aromatic N) is 1. The summed E-state index contributed by atoms with van der Waals surface area (Å²) in [7, 11) is 0. The van der Waals surface area contributed by atoms with Crippen LogP contribution in [0.4, 0.5) is 5.69 Å². The normalized spacial score (nSPS) is 11.8. The maximum Gasteiger partial charge on any atom is 0.255 e. The van der Waals surface area contributed by atoms with Crippen molar-refractivity contribution in [2.75, 3.05) is 5.32 Å². The van der Waals surface area contributed by atoms with Crippen molar-refractivity contribution in [3.8, 4) is 17.2 Å². The first-order valence-electron chi connectivity index (χ1n) is 12.2. The van der Waals surface area contributed by atoms with Gasteiger partial charge in [0.25, 0.3) is 5.91 Å². The van der Waals surface area contributed by atoms with Crippen LogP contribution in [0.1, 0.15) is 47.7 Å². The lowest BCUT2D eigenvalue weighted by atomic mass is 9.98. The van der Waals surface area contributed by atoms with Crippen molar-refractivity contribution in [1.82, 2.24) is 4.98 Å². The summed E-state index contributed by atoms with van der Waals surface area (Å²) in [5.74, 6) is 1.49. The molecule has 0 saturated carbocycles. The number of ether oxygens (including phenoxy) is 1. The molecule has 0 aliphatic heterocycles. The second-order valence-electron chi connectivity index (χ2n) is 8.89. The monoisotopic (exact) mass is 476 g/mol. The van der Waals surface area contributed by atoms with Crippen molar-refractivity contribution < 1.29 is 13.9 Å². The number of hydrogen-bond donors (Lipinski definition) is 1. The number of oxazole rings is 1. The fraction of sp³-hybridized carbons (Fsp3) is 0.161. The molecular weight excluding hydrogens is 448 g/mol. The van der Waals surface area contributed by atoms with Gasteiger partial charge in [-0.2, -0.15) is 0 Å². The number of hydrogen-bond acceptors (Lipinski definition) is 4. The van der Waals surface area contributed by atoms with Gasteiger partial charge < -0.3 is 14.5 Å². The van der Waals surface area contributed by atoms with Crippen LogP contribution in [0.3, 0.4) is 0 Å². The van der Waals surface area contributed by atoms with E-state index in [1.165, 1.54) is 5.56 Å². The van der Waals surface area contributed by atoms with Crippen molar-refractivity contribution >= 4 is 22.7 Å². The molecule has 0 aliphatic carbocycles. The summed E-state index contributed by atoms with van der Waals surface area (Å²) in [5, 5.41) is 2.95. The minimum atomic E-state index is -0.202. The van der Waals surface area contributed by atoms with Crippen molar-refractivity contribution in [3.63, 3.8) is 0 Å². The van der Waals surface area contributed by atoms with E-state index in [1.54, 1.807) is 12.1 Å². The van der Waals surface area contributed by atoms with Crippen molar-refractivity contribution in [2.24, 2.45) is 0 Å². The Hall–Kier alpha value is -4.38. The van der Waals surface area contributed by atoms with Crippen molar-refractivity contribution in [1.29, 1.82) is 0 Å². The molecule has 1 amide bonds. The molecule has 5 aromatic rings. The quantitative estimate of drug-likeness (QED) is 0.248. The summed E-state index contributed by atoms with van der Waals surface area (Å²) in [4.78, 5) is 17.5. The molecule has 0 spiro atoms. The van der Waals surface area contributed by atoms with Crippen LogP contribution in [0.5, 0.6) is 5.75 Å². The van der Waals surface area contributed by atoms with E-state index < -0.39 is 0 Å². The first-order valence-corrected chi connectivity index (χ1v) is 12.2. The standard InChI is InChI=1S/C31H28N2O3/c1-3-21(2)24-14-17-29-28(19-24)33-31(36-29)23-12-15-26(16-13-23)32-30(34)25-10-7-11-27(18-25)35-20-22-8-5-4-6-9-22/h4-19,21H,3,20H2,1-2H3,(H,32,34)/t21-/m0/s1. The predicted molar refractivity (Wildman–Crippen MR) is 143 cm³/mol. The van der Waals surface area contributed by atoms with Crippen LogP contribution in [0.25, 0.3) is 22.6 Å². The smallest absolute Gasteiger partial charge is 0.255 e. The SMILES string of the molecule is CC[C@H](C)c1ccc2oc(-c3ccc(NC(=O)c4cccc(OCc5ccccc5)c4)cc3)nc2c1.